The number of carbonyl (C=O) groups is 2. The van der Waals surface area contributed by atoms with Gasteiger partial charge in [0.1, 0.15) is 11.5 Å². The molecule has 1 saturated heterocycles. The fourth-order valence-corrected chi connectivity index (χ4v) is 5.40. The van der Waals surface area contributed by atoms with Crippen molar-refractivity contribution in [2.24, 2.45) is 0 Å². The Balaban J connectivity index is 1.23. The number of hydrogen-bond donors (Lipinski definition) is 1. The van der Waals surface area contributed by atoms with E-state index in [0.717, 1.165) is 37.4 Å². The Bertz CT molecular complexity index is 1340. The quantitative estimate of drug-likeness (QED) is 0.574. The number of aromatic nitrogens is 2. The Morgan fingerprint density at radius 1 is 0.919 bits per heavy atom. The lowest BCUT2D eigenvalue weighted by Gasteiger charge is -2.37. The van der Waals surface area contributed by atoms with Crippen LogP contribution in [-0.4, -0.2) is 65.8 Å². The van der Waals surface area contributed by atoms with Crippen LogP contribution in [0, 0.1) is 27.7 Å². The first-order valence-corrected chi connectivity index (χ1v) is 13.1. The summed E-state index contributed by atoms with van der Waals surface area (Å²) in [7, 11) is 0. The standard InChI is InChI=1S/C29H36N6O2/c1-19-5-7-23(8-6-19)34-12-9-24-27(29(34)37)35(31-28(24)30)26(36)10-11-32-13-15-33(16-14-32)25-18-21(3)20(2)17-22(25)4/h5-8,17-18H,9-16H2,1-4H3,(H2,30,31). The molecule has 194 valence electrons. The van der Waals surface area contributed by atoms with Crippen molar-refractivity contribution in [1.82, 2.24) is 14.7 Å². The Hall–Kier alpha value is -3.65. The minimum atomic E-state index is -0.222. The molecule has 0 radical (unpaired) electrons. The minimum absolute atomic E-state index is 0.195. The maximum absolute atomic E-state index is 13.4. The molecule has 3 aromatic rings. The van der Waals surface area contributed by atoms with E-state index >= 15 is 0 Å². The number of hydrogen-bond acceptors (Lipinski definition) is 6. The van der Waals surface area contributed by atoms with Gasteiger partial charge in [-0.05, 0) is 69.0 Å². The molecule has 2 aromatic carbocycles. The Kier molecular flexibility index (Phi) is 6.77. The van der Waals surface area contributed by atoms with Crippen molar-refractivity contribution < 1.29 is 9.59 Å². The maximum atomic E-state index is 13.4. The molecule has 2 aliphatic heterocycles. The molecule has 0 aliphatic carbocycles. The molecule has 3 heterocycles. The SMILES string of the molecule is Cc1ccc(N2CCc3c(N)nn(C(=O)CCN4CCN(c5cc(C)c(C)cc5C)CC4)c3C2=O)cc1. The smallest absolute Gasteiger partial charge is 0.277 e. The number of carbonyl (C=O) groups excluding carboxylic acids is 2. The van der Waals surface area contributed by atoms with Crippen molar-refractivity contribution in [3.8, 4) is 0 Å². The van der Waals surface area contributed by atoms with E-state index in [1.165, 1.54) is 27.1 Å². The van der Waals surface area contributed by atoms with Crippen molar-refractivity contribution >= 4 is 29.0 Å². The van der Waals surface area contributed by atoms with E-state index < -0.39 is 0 Å². The number of nitrogen functional groups attached to an aromatic ring is 1. The van der Waals surface area contributed by atoms with E-state index in [1.807, 2.05) is 31.2 Å². The van der Waals surface area contributed by atoms with Crippen LogP contribution in [0.3, 0.4) is 0 Å². The van der Waals surface area contributed by atoms with Gasteiger partial charge in [0, 0.05) is 62.6 Å². The van der Waals surface area contributed by atoms with Gasteiger partial charge in [0.05, 0.1) is 0 Å². The van der Waals surface area contributed by atoms with Gasteiger partial charge >= 0.3 is 0 Å². The number of amides is 1. The van der Waals surface area contributed by atoms with Crippen molar-refractivity contribution in [3.05, 3.63) is 69.9 Å². The van der Waals surface area contributed by atoms with Gasteiger partial charge < -0.3 is 15.5 Å². The molecule has 2 aliphatic rings. The van der Waals surface area contributed by atoms with Crippen LogP contribution >= 0.6 is 0 Å². The maximum Gasteiger partial charge on any atom is 0.277 e. The van der Waals surface area contributed by atoms with Crippen LogP contribution in [0.1, 0.15) is 49.5 Å². The van der Waals surface area contributed by atoms with Crippen molar-refractivity contribution in [3.63, 3.8) is 0 Å². The molecule has 37 heavy (non-hydrogen) atoms. The lowest BCUT2D eigenvalue weighted by Crippen LogP contribution is -2.47. The summed E-state index contributed by atoms with van der Waals surface area (Å²) >= 11 is 0. The molecule has 2 N–H and O–H groups in total. The highest BCUT2D eigenvalue weighted by Crippen LogP contribution is 2.29. The summed E-state index contributed by atoms with van der Waals surface area (Å²) in [6.45, 7) is 13.3. The highest BCUT2D eigenvalue weighted by atomic mass is 16.2. The van der Waals surface area contributed by atoms with Gasteiger partial charge in [-0.25, -0.2) is 0 Å². The van der Waals surface area contributed by atoms with E-state index in [-0.39, 0.29) is 24.1 Å². The number of nitrogens with zero attached hydrogens (tertiary/aromatic N) is 5. The molecule has 0 spiro atoms. The molecule has 0 bridgehead atoms. The zero-order chi connectivity index (χ0) is 26.3. The fourth-order valence-electron chi connectivity index (χ4n) is 5.40. The summed E-state index contributed by atoms with van der Waals surface area (Å²) in [5, 5.41) is 4.30. The Morgan fingerprint density at radius 2 is 1.59 bits per heavy atom. The second-order valence-electron chi connectivity index (χ2n) is 10.4. The van der Waals surface area contributed by atoms with Crippen LogP contribution in [-0.2, 0) is 6.42 Å². The van der Waals surface area contributed by atoms with Gasteiger partial charge in [-0.2, -0.15) is 4.68 Å². The van der Waals surface area contributed by atoms with Crippen LogP contribution in [0.25, 0.3) is 0 Å². The number of piperazine rings is 1. The van der Waals surface area contributed by atoms with Crippen molar-refractivity contribution in [2.75, 3.05) is 54.8 Å². The second-order valence-corrected chi connectivity index (χ2v) is 10.4. The predicted molar refractivity (Wildman–Crippen MR) is 148 cm³/mol. The number of rotatable bonds is 5. The first-order chi connectivity index (χ1) is 17.7. The summed E-state index contributed by atoms with van der Waals surface area (Å²) in [5.41, 5.74) is 14.3. The van der Waals surface area contributed by atoms with Gasteiger partial charge in [0.25, 0.3) is 5.91 Å². The predicted octanol–water partition coefficient (Wildman–Crippen LogP) is 3.75. The third-order valence-electron chi connectivity index (χ3n) is 7.80. The van der Waals surface area contributed by atoms with Gasteiger partial charge in [-0.15, -0.1) is 5.10 Å². The van der Waals surface area contributed by atoms with Crippen molar-refractivity contribution in [2.45, 2.75) is 40.5 Å². The summed E-state index contributed by atoms with van der Waals surface area (Å²) in [5.74, 6) is -0.142. The zero-order valence-electron chi connectivity index (χ0n) is 22.3. The lowest BCUT2D eigenvalue weighted by atomic mass is 10.0. The molecule has 1 amide bonds. The topological polar surface area (TPSA) is 87.7 Å². The molecule has 1 fully saturated rings. The lowest BCUT2D eigenvalue weighted by molar-refractivity contribution is 0.0840. The molecule has 0 unspecified atom stereocenters. The monoisotopic (exact) mass is 500 g/mol. The average Bonchev–Trinajstić information content (AvgIpc) is 3.23. The summed E-state index contributed by atoms with van der Waals surface area (Å²) in [6, 6.07) is 12.4. The third-order valence-corrected chi connectivity index (χ3v) is 7.80. The minimum Gasteiger partial charge on any atom is -0.382 e. The van der Waals surface area contributed by atoms with Gasteiger partial charge in [0.2, 0.25) is 5.91 Å². The van der Waals surface area contributed by atoms with Gasteiger partial charge in [-0.3, -0.25) is 14.5 Å². The van der Waals surface area contributed by atoms with Crippen LogP contribution in [0.4, 0.5) is 17.2 Å². The summed E-state index contributed by atoms with van der Waals surface area (Å²) in [6.07, 6.45) is 0.863. The number of fused-ring (bicyclic) bond motifs is 1. The molecule has 0 atom stereocenters. The first kappa shape index (κ1) is 25.0. The Labute approximate surface area is 218 Å². The molecular formula is C29H36N6O2. The molecule has 5 rings (SSSR count). The van der Waals surface area contributed by atoms with Crippen molar-refractivity contribution in [1.29, 1.82) is 0 Å². The van der Waals surface area contributed by atoms with E-state index in [1.54, 1.807) is 4.90 Å². The number of aryl methyl sites for hydroxylation is 4. The number of nitrogens with two attached hydrogens (primary N) is 1. The van der Waals surface area contributed by atoms with E-state index in [2.05, 4.69) is 47.8 Å². The second kappa shape index (κ2) is 10.0. The first-order valence-electron chi connectivity index (χ1n) is 13.1. The molecular weight excluding hydrogens is 464 g/mol. The van der Waals surface area contributed by atoms with Crippen LogP contribution in [0.15, 0.2) is 36.4 Å². The average molecular weight is 501 g/mol. The molecule has 0 saturated carbocycles. The fraction of sp³-hybridized carbons (Fsp3) is 0.414. The summed E-state index contributed by atoms with van der Waals surface area (Å²) < 4.78 is 1.25. The van der Waals surface area contributed by atoms with Crippen LogP contribution in [0.2, 0.25) is 0 Å². The number of anilines is 3. The largest absolute Gasteiger partial charge is 0.382 e. The van der Waals surface area contributed by atoms with Gasteiger partial charge in [-0.1, -0.05) is 23.8 Å². The third kappa shape index (κ3) is 4.85. The van der Waals surface area contributed by atoms with Crippen LogP contribution in [0.5, 0.6) is 0 Å². The van der Waals surface area contributed by atoms with Crippen LogP contribution < -0.4 is 15.5 Å². The molecule has 8 nitrogen and oxygen atoms in total. The highest BCUT2D eigenvalue weighted by Gasteiger charge is 2.34. The normalized spacial score (nSPS) is 16.3. The van der Waals surface area contributed by atoms with E-state index in [9.17, 15) is 9.59 Å². The zero-order valence-corrected chi connectivity index (χ0v) is 22.3. The Morgan fingerprint density at radius 3 is 2.30 bits per heavy atom. The van der Waals surface area contributed by atoms with E-state index in [0.29, 0.717) is 30.8 Å². The number of benzene rings is 2. The van der Waals surface area contributed by atoms with Gasteiger partial charge in [0.15, 0.2) is 0 Å². The highest BCUT2D eigenvalue weighted by molar-refractivity contribution is 6.09. The molecule has 1 aromatic heterocycles. The molecule has 8 heteroatoms. The van der Waals surface area contributed by atoms with E-state index in [4.69, 9.17) is 5.73 Å². The summed E-state index contributed by atoms with van der Waals surface area (Å²) in [4.78, 5) is 33.1.